The molecule has 1 atom stereocenters. The molecule has 1 aliphatic heterocycles. The Morgan fingerprint density at radius 3 is 2.71 bits per heavy atom. The molecule has 6 heteroatoms. The molecule has 1 unspecified atom stereocenters. The zero-order chi connectivity index (χ0) is 19.7. The summed E-state index contributed by atoms with van der Waals surface area (Å²) in [5, 5.41) is 3.85. The minimum atomic E-state index is -0.465. The zero-order valence-corrected chi connectivity index (χ0v) is 15.4. The predicted octanol–water partition coefficient (Wildman–Crippen LogP) is 3.43. The SMILES string of the molecule is CC(=O)c1cccc(N2CC(C(=O)Nc3cccc4cccnc34)CC2=O)c1. The molecule has 3 aromatic rings. The molecule has 28 heavy (non-hydrogen) atoms. The van der Waals surface area contributed by atoms with Crippen molar-refractivity contribution in [1.29, 1.82) is 0 Å². The molecule has 1 fully saturated rings. The molecule has 2 heterocycles. The Balaban J connectivity index is 1.53. The van der Waals surface area contributed by atoms with Crippen LogP contribution in [0.2, 0.25) is 0 Å². The van der Waals surface area contributed by atoms with Gasteiger partial charge in [-0.05, 0) is 31.2 Å². The van der Waals surface area contributed by atoms with Crippen LogP contribution in [0.4, 0.5) is 11.4 Å². The van der Waals surface area contributed by atoms with Crippen LogP contribution in [0.25, 0.3) is 10.9 Å². The fourth-order valence-corrected chi connectivity index (χ4v) is 3.47. The van der Waals surface area contributed by atoms with Crippen molar-refractivity contribution in [3.63, 3.8) is 0 Å². The van der Waals surface area contributed by atoms with Crippen LogP contribution in [0.3, 0.4) is 0 Å². The number of benzene rings is 2. The highest BCUT2D eigenvalue weighted by Gasteiger charge is 2.35. The first-order valence-electron chi connectivity index (χ1n) is 9.09. The van der Waals surface area contributed by atoms with Crippen LogP contribution in [-0.2, 0) is 9.59 Å². The third-order valence-electron chi connectivity index (χ3n) is 4.95. The molecule has 0 bridgehead atoms. The summed E-state index contributed by atoms with van der Waals surface area (Å²) < 4.78 is 0. The van der Waals surface area contributed by atoms with Gasteiger partial charge in [-0.25, -0.2) is 0 Å². The molecule has 2 amide bonds. The fourth-order valence-electron chi connectivity index (χ4n) is 3.47. The molecule has 0 aliphatic carbocycles. The number of nitrogens with one attached hydrogen (secondary N) is 1. The summed E-state index contributed by atoms with van der Waals surface area (Å²) in [6.07, 6.45) is 1.81. The number of anilines is 2. The summed E-state index contributed by atoms with van der Waals surface area (Å²) in [6, 6.07) is 16.3. The molecule has 1 saturated heterocycles. The number of pyridine rings is 1. The van der Waals surface area contributed by atoms with Gasteiger partial charge in [-0.15, -0.1) is 0 Å². The maximum Gasteiger partial charge on any atom is 0.229 e. The number of fused-ring (bicyclic) bond motifs is 1. The summed E-state index contributed by atoms with van der Waals surface area (Å²) in [5.41, 5.74) is 2.53. The van der Waals surface area contributed by atoms with E-state index in [9.17, 15) is 14.4 Å². The number of hydrogen-bond donors (Lipinski definition) is 1. The normalized spacial score (nSPS) is 16.4. The van der Waals surface area contributed by atoms with Gasteiger partial charge >= 0.3 is 0 Å². The van der Waals surface area contributed by atoms with E-state index in [2.05, 4.69) is 10.3 Å². The average molecular weight is 373 g/mol. The van der Waals surface area contributed by atoms with Crippen molar-refractivity contribution in [1.82, 2.24) is 4.98 Å². The summed E-state index contributed by atoms with van der Waals surface area (Å²) in [4.78, 5) is 42.8. The number of carbonyl (C=O) groups excluding carboxylic acids is 3. The van der Waals surface area contributed by atoms with E-state index in [-0.39, 0.29) is 30.6 Å². The number of Topliss-reactive ketones (excluding diaryl/α,β-unsaturated/α-hetero) is 1. The Bertz CT molecular complexity index is 1090. The van der Waals surface area contributed by atoms with Crippen LogP contribution in [-0.4, -0.2) is 29.1 Å². The molecule has 1 aliphatic rings. The van der Waals surface area contributed by atoms with Crippen molar-refractivity contribution in [3.05, 3.63) is 66.4 Å². The van der Waals surface area contributed by atoms with E-state index in [0.717, 1.165) is 5.39 Å². The maximum absolute atomic E-state index is 12.8. The molecular weight excluding hydrogens is 354 g/mol. The number of para-hydroxylation sites is 1. The van der Waals surface area contributed by atoms with Gasteiger partial charge in [0.1, 0.15) is 0 Å². The van der Waals surface area contributed by atoms with Gasteiger partial charge in [0.2, 0.25) is 11.8 Å². The molecule has 1 N–H and O–H groups in total. The van der Waals surface area contributed by atoms with E-state index in [1.54, 1.807) is 41.4 Å². The van der Waals surface area contributed by atoms with Gasteiger partial charge in [0.25, 0.3) is 0 Å². The third-order valence-corrected chi connectivity index (χ3v) is 4.95. The van der Waals surface area contributed by atoms with Gasteiger partial charge in [-0.2, -0.15) is 0 Å². The molecule has 0 radical (unpaired) electrons. The Morgan fingerprint density at radius 2 is 1.89 bits per heavy atom. The van der Waals surface area contributed by atoms with E-state index in [1.807, 2.05) is 24.3 Å². The first-order chi connectivity index (χ1) is 13.5. The van der Waals surface area contributed by atoms with Gasteiger partial charge in [0.05, 0.1) is 17.1 Å². The van der Waals surface area contributed by atoms with E-state index >= 15 is 0 Å². The van der Waals surface area contributed by atoms with Crippen molar-refractivity contribution < 1.29 is 14.4 Å². The minimum Gasteiger partial charge on any atom is -0.324 e. The molecule has 2 aromatic carbocycles. The quantitative estimate of drug-likeness (QED) is 0.711. The molecular formula is C22H19N3O3. The monoisotopic (exact) mass is 373 g/mol. The Hall–Kier alpha value is -3.54. The lowest BCUT2D eigenvalue weighted by Crippen LogP contribution is -2.28. The minimum absolute atomic E-state index is 0.0637. The van der Waals surface area contributed by atoms with Crippen LogP contribution in [0.15, 0.2) is 60.8 Å². The number of rotatable bonds is 4. The molecule has 4 rings (SSSR count). The lowest BCUT2D eigenvalue weighted by atomic mass is 10.1. The average Bonchev–Trinajstić information content (AvgIpc) is 3.10. The molecule has 140 valence electrons. The van der Waals surface area contributed by atoms with Crippen molar-refractivity contribution >= 4 is 39.9 Å². The van der Waals surface area contributed by atoms with Crippen molar-refractivity contribution in [2.45, 2.75) is 13.3 Å². The molecule has 1 aromatic heterocycles. The fraction of sp³-hybridized carbons (Fsp3) is 0.182. The lowest BCUT2D eigenvalue weighted by Gasteiger charge is -2.17. The summed E-state index contributed by atoms with van der Waals surface area (Å²) in [6.45, 7) is 1.77. The zero-order valence-electron chi connectivity index (χ0n) is 15.4. The van der Waals surface area contributed by atoms with E-state index in [0.29, 0.717) is 22.5 Å². The van der Waals surface area contributed by atoms with E-state index in [4.69, 9.17) is 0 Å². The summed E-state index contributed by atoms with van der Waals surface area (Å²) >= 11 is 0. The summed E-state index contributed by atoms with van der Waals surface area (Å²) in [7, 11) is 0. The largest absolute Gasteiger partial charge is 0.324 e. The summed E-state index contributed by atoms with van der Waals surface area (Å²) in [5.74, 6) is -0.868. The van der Waals surface area contributed by atoms with Gasteiger partial charge in [-0.3, -0.25) is 19.4 Å². The van der Waals surface area contributed by atoms with Crippen LogP contribution < -0.4 is 10.2 Å². The smallest absolute Gasteiger partial charge is 0.229 e. The van der Waals surface area contributed by atoms with Crippen molar-refractivity contribution in [2.24, 2.45) is 5.92 Å². The number of hydrogen-bond acceptors (Lipinski definition) is 4. The maximum atomic E-state index is 12.8. The second-order valence-electron chi connectivity index (χ2n) is 6.88. The van der Waals surface area contributed by atoms with Crippen LogP contribution in [0, 0.1) is 5.92 Å². The van der Waals surface area contributed by atoms with Crippen LogP contribution in [0.5, 0.6) is 0 Å². The Kier molecular flexibility index (Phi) is 4.61. The standard InChI is InChI=1S/C22H19N3O3/c1-14(26)16-6-2-8-18(11-16)25-13-17(12-20(25)27)22(28)24-19-9-3-5-15-7-4-10-23-21(15)19/h2-11,17H,12-13H2,1H3,(H,24,28). The topological polar surface area (TPSA) is 79.4 Å². The highest BCUT2D eigenvalue weighted by atomic mass is 16.2. The van der Waals surface area contributed by atoms with Crippen LogP contribution >= 0.6 is 0 Å². The van der Waals surface area contributed by atoms with Gasteiger partial charge in [-0.1, -0.05) is 30.3 Å². The number of nitrogens with zero attached hydrogens (tertiary/aromatic N) is 2. The lowest BCUT2D eigenvalue weighted by molar-refractivity contribution is -0.122. The molecule has 0 spiro atoms. The second kappa shape index (κ2) is 7.23. The van der Waals surface area contributed by atoms with E-state index < -0.39 is 5.92 Å². The number of ketones is 1. The van der Waals surface area contributed by atoms with Gasteiger partial charge < -0.3 is 10.2 Å². The molecule has 0 saturated carbocycles. The highest BCUT2D eigenvalue weighted by molar-refractivity contribution is 6.06. The predicted molar refractivity (Wildman–Crippen MR) is 107 cm³/mol. The second-order valence-corrected chi connectivity index (χ2v) is 6.88. The third kappa shape index (κ3) is 3.36. The Morgan fingerprint density at radius 1 is 1.11 bits per heavy atom. The first-order valence-corrected chi connectivity index (χ1v) is 9.09. The Labute approximate surface area is 162 Å². The van der Waals surface area contributed by atoms with Gasteiger partial charge in [0.15, 0.2) is 5.78 Å². The number of aromatic nitrogens is 1. The van der Waals surface area contributed by atoms with Crippen molar-refractivity contribution in [3.8, 4) is 0 Å². The van der Waals surface area contributed by atoms with Crippen LogP contribution in [0.1, 0.15) is 23.7 Å². The van der Waals surface area contributed by atoms with Crippen molar-refractivity contribution in [2.75, 3.05) is 16.8 Å². The van der Waals surface area contributed by atoms with Gasteiger partial charge in [0, 0.05) is 35.8 Å². The number of carbonyl (C=O) groups is 3. The molecule has 6 nitrogen and oxygen atoms in total. The highest BCUT2D eigenvalue weighted by Crippen LogP contribution is 2.28. The number of amides is 2. The first kappa shape index (κ1) is 17.9. The van der Waals surface area contributed by atoms with E-state index in [1.165, 1.54) is 6.92 Å².